The number of fused-ring (bicyclic) bond motifs is 1. The predicted octanol–water partition coefficient (Wildman–Crippen LogP) is 2.42. The Labute approximate surface area is 284 Å². The number of aldehydes is 1. The van der Waals surface area contributed by atoms with E-state index in [4.69, 9.17) is 9.47 Å². The lowest BCUT2D eigenvalue weighted by Gasteiger charge is -2.30. The van der Waals surface area contributed by atoms with Crippen LogP contribution in [0.4, 0.5) is 5.69 Å². The summed E-state index contributed by atoms with van der Waals surface area (Å²) in [5.41, 5.74) is 2.02. The largest absolute Gasteiger partial charge is 0.486 e. The number of carbonyl (C=O) groups excluding carboxylic acids is 2. The number of amides is 1. The zero-order valence-corrected chi connectivity index (χ0v) is 28.5. The number of anilines is 1. The standard InChI is InChI=1S/C32H42N6O8S2/c1-23(32(47-17-14-36-12-15-45-16-13-36)38-22-33-26-6-2-3-7-27(26)38)46-28-18-24(34-30(40)20-37-10-4-5-11-37)8-9-29(28)48(43,44)35-25(21-39)19-31(41)42/h2-3,6-9,18,21-23,25,32,35H,4-5,10-17,19-20H2,1H3,(H,34,40)(H,41,42)/t23-,25?,32?/m1/s1. The number of carbonyl (C=O) groups is 3. The average molecular weight is 703 g/mol. The van der Waals surface area contributed by atoms with E-state index in [2.05, 4.69) is 19.9 Å². The number of hydrogen-bond acceptors (Lipinski definition) is 11. The van der Waals surface area contributed by atoms with Crippen LogP contribution in [0.1, 0.15) is 31.6 Å². The molecule has 0 bridgehead atoms. The maximum Gasteiger partial charge on any atom is 0.305 e. The molecule has 0 aliphatic carbocycles. The number of ether oxygens (including phenoxy) is 2. The maximum absolute atomic E-state index is 13.6. The number of imidazole rings is 1. The van der Waals surface area contributed by atoms with E-state index in [1.807, 2.05) is 40.7 Å². The molecule has 260 valence electrons. The highest BCUT2D eigenvalue weighted by molar-refractivity contribution is 7.99. The number of likely N-dealkylation sites (tertiary alicyclic amines) is 1. The normalized spacial score (nSPS) is 17.9. The predicted molar refractivity (Wildman–Crippen MR) is 182 cm³/mol. The fraction of sp³-hybridized carbons (Fsp3) is 0.500. The maximum atomic E-state index is 13.6. The second-order valence-corrected chi connectivity index (χ2v) is 14.7. The topological polar surface area (TPSA) is 172 Å². The molecule has 2 saturated heterocycles. The molecule has 0 radical (unpaired) electrons. The van der Waals surface area contributed by atoms with Crippen molar-refractivity contribution in [2.24, 2.45) is 0 Å². The molecular weight excluding hydrogens is 661 g/mol. The minimum absolute atomic E-state index is 0.0582. The van der Waals surface area contributed by atoms with Gasteiger partial charge < -0.3 is 29.3 Å². The highest BCUT2D eigenvalue weighted by Gasteiger charge is 2.29. The molecule has 3 heterocycles. The third-order valence-electron chi connectivity index (χ3n) is 8.22. The summed E-state index contributed by atoms with van der Waals surface area (Å²) in [6.45, 7) is 7.61. The van der Waals surface area contributed by atoms with Crippen LogP contribution in [0.5, 0.6) is 5.75 Å². The van der Waals surface area contributed by atoms with Crippen molar-refractivity contribution in [2.45, 2.75) is 48.6 Å². The summed E-state index contributed by atoms with van der Waals surface area (Å²) in [4.78, 5) is 44.4. The first-order valence-corrected chi connectivity index (χ1v) is 18.5. The van der Waals surface area contributed by atoms with Gasteiger partial charge in [-0.15, -0.1) is 11.8 Å². The average Bonchev–Trinajstić information content (AvgIpc) is 3.73. The number of sulfonamides is 1. The number of aliphatic carboxylic acids is 1. The Morgan fingerprint density at radius 1 is 1.10 bits per heavy atom. The van der Waals surface area contributed by atoms with Crippen LogP contribution < -0.4 is 14.8 Å². The molecule has 3 aromatic rings. The van der Waals surface area contributed by atoms with Crippen molar-refractivity contribution in [3.63, 3.8) is 0 Å². The molecule has 16 heteroatoms. The van der Waals surface area contributed by atoms with E-state index in [0.29, 0.717) is 18.9 Å². The fourth-order valence-electron chi connectivity index (χ4n) is 5.82. The Morgan fingerprint density at radius 3 is 2.58 bits per heavy atom. The first-order chi connectivity index (χ1) is 23.1. The summed E-state index contributed by atoms with van der Waals surface area (Å²) in [6.07, 6.45) is 2.70. The Hall–Kier alpha value is -3.54. The molecule has 48 heavy (non-hydrogen) atoms. The van der Waals surface area contributed by atoms with Gasteiger partial charge in [-0.3, -0.25) is 19.4 Å². The second-order valence-electron chi connectivity index (χ2n) is 11.8. The number of morpholine rings is 1. The molecule has 3 atom stereocenters. The van der Waals surface area contributed by atoms with Crippen LogP contribution in [0.2, 0.25) is 0 Å². The minimum atomic E-state index is -4.44. The molecular formula is C32H42N6O8S2. The van der Waals surface area contributed by atoms with Crippen LogP contribution in [0, 0.1) is 0 Å². The quantitative estimate of drug-likeness (QED) is 0.176. The Bertz CT molecular complexity index is 1670. The highest BCUT2D eigenvalue weighted by atomic mass is 32.2. The molecule has 1 aromatic heterocycles. The fourth-order valence-corrected chi connectivity index (χ4v) is 8.37. The van der Waals surface area contributed by atoms with Crippen molar-refractivity contribution >= 4 is 56.7 Å². The smallest absolute Gasteiger partial charge is 0.305 e. The molecule has 3 N–H and O–H groups in total. The van der Waals surface area contributed by atoms with Gasteiger partial charge in [0.25, 0.3) is 0 Å². The van der Waals surface area contributed by atoms with Gasteiger partial charge in [0.2, 0.25) is 15.9 Å². The van der Waals surface area contributed by atoms with Crippen molar-refractivity contribution in [1.82, 2.24) is 24.1 Å². The minimum Gasteiger partial charge on any atom is -0.486 e. The first-order valence-electron chi connectivity index (χ1n) is 16.0. The number of para-hydroxylation sites is 2. The number of carboxylic acid groups (broad SMARTS) is 1. The van der Waals surface area contributed by atoms with Gasteiger partial charge in [0.1, 0.15) is 28.4 Å². The van der Waals surface area contributed by atoms with E-state index < -0.39 is 34.6 Å². The summed E-state index contributed by atoms with van der Waals surface area (Å²) in [5, 5.41) is 11.7. The molecule has 0 spiro atoms. The first kappa shape index (κ1) is 35.8. The molecule has 1 amide bonds. The number of rotatable bonds is 17. The molecule has 2 aliphatic heterocycles. The molecule has 2 aromatic carbocycles. The third-order valence-corrected chi connectivity index (χ3v) is 11.1. The van der Waals surface area contributed by atoms with Gasteiger partial charge in [-0.2, -0.15) is 0 Å². The monoisotopic (exact) mass is 702 g/mol. The van der Waals surface area contributed by atoms with E-state index in [-0.39, 0.29) is 34.8 Å². The van der Waals surface area contributed by atoms with Gasteiger partial charge in [-0.25, -0.2) is 18.1 Å². The van der Waals surface area contributed by atoms with E-state index >= 15 is 0 Å². The highest BCUT2D eigenvalue weighted by Crippen LogP contribution is 2.35. The number of nitrogens with one attached hydrogen (secondary N) is 2. The van der Waals surface area contributed by atoms with Crippen molar-refractivity contribution < 1.29 is 37.4 Å². The van der Waals surface area contributed by atoms with Crippen LogP contribution >= 0.6 is 11.8 Å². The van der Waals surface area contributed by atoms with Gasteiger partial charge in [0.15, 0.2) is 0 Å². The summed E-state index contributed by atoms with van der Waals surface area (Å²) >= 11 is 1.65. The lowest BCUT2D eigenvalue weighted by Crippen LogP contribution is -2.38. The number of benzene rings is 2. The van der Waals surface area contributed by atoms with E-state index in [9.17, 15) is 27.9 Å². The molecule has 2 unspecified atom stereocenters. The van der Waals surface area contributed by atoms with Gasteiger partial charge in [0.05, 0.1) is 49.6 Å². The van der Waals surface area contributed by atoms with Crippen molar-refractivity contribution in [1.29, 1.82) is 0 Å². The Morgan fingerprint density at radius 2 is 1.85 bits per heavy atom. The summed E-state index contributed by atoms with van der Waals surface area (Å²) < 4.78 is 43.3. The van der Waals surface area contributed by atoms with Crippen molar-refractivity contribution in [3.05, 3.63) is 48.8 Å². The number of thioether (sulfide) groups is 1. The summed E-state index contributed by atoms with van der Waals surface area (Å²) in [6, 6.07) is 10.4. The van der Waals surface area contributed by atoms with Crippen molar-refractivity contribution in [3.8, 4) is 5.75 Å². The van der Waals surface area contributed by atoms with E-state index in [1.54, 1.807) is 18.1 Å². The van der Waals surface area contributed by atoms with Gasteiger partial charge >= 0.3 is 5.97 Å². The zero-order chi connectivity index (χ0) is 34.1. The summed E-state index contributed by atoms with van der Waals surface area (Å²) in [5.74, 6) is -0.883. The van der Waals surface area contributed by atoms with Gasteiger partial charge in [-0.1, -0.05) is 12.1 Å². The number of aromatic nitrogens is 2. The third kappa shape index (κ3) is 9.54. The van der Waals surface area contributed by atoms with Crippen LogP contribution in [0.15, 0.2) is 53.7 Å². The van der Waals surface area contributed by atoms with Crippen LogP contribution in [0.25, 0.3) is 11.0 Å². The second kappa shape index (κ2) is 16.7. The Balaban J connectivity index is 1.44. The van der Waals surface area contributed by atoms with E-state index in [1.165, 1.54) is 18.2 Å². The number of hydrogen-bond donors (Lipinski definition) is 3. The SMILES string of the molecule is C[C@@H](Oc1cc(NC(=O)CN2CCCC2)ccc1S(=O)(=O)NC(C=O)CC(=O)O)C(SCCN1CCOCC1)n1cnc2ccccc21. The number of nitrogens with zero attached hydrogens (tertiary/aromatic N) is 4. The number of carboxylic acids is 1. The van der Waals surface area contributed by atoms with Gasteiger partial charge in [0, 0.05) is 37.1 Å². The molecule has 5 rings (SSSR count). The van der Waals surface area contributed by atoms with E-state index in [0.717, 1.165) is 62.4 Å². The van der Waals surface area contributed by atoms with Crippen molar-refractivity contribution in [2.75, 3.05) is 63.6 Å². The molecule has 2 aliphatic rings. The molecule has 2 fully saturated rings. The van der Waals surface area contributed by atoms with Crippen LogP contribution in [-0.4, -0.2) is 121 Å². The van der Waals surface area contributed by atoms with Crippen LogP contribution in [-0.2, 0) is 29.1 Å². The van der Waals surface area contributed by atoms with Crippen LogP contribution in [0.3, 0.4) is 0 Å². The van der Waals surface area contributed by atoms with Gasteiger partial charge in [-0.05, 0) is 57.1 Å². The Kier molecular flexibility index (Phi) is 12.5. The summed E-state index contributed by atoms with van der Waals surface area (Å²) in [7, 11) is -4.44. The lowest BCUT2D eigenvalue weighted by atomic mass is 10.2. The molecule has 14 nitrogen and oxygen atoms in total. The lowest BCUT2D eigenvalue weighted by molar-refractivity contribution is -0.138. The molecule has 0 saturated carbocycles. The zero-order valence-electron chi connectivity index (χ0n) is 26.8.